The van der Waals surface area contributed by atoms with Crippen molar-refractivity contribution in [2.45, 2.75) is 38.1 Å². The number of hydrogen-bond donors (Lipinski definition) is 1. The molecule has 0 amide bonds. The fourth-order valence-corrected chi connectivity index (χ4v) is 2.98. The van der Waals surface area contributed by atoms with E-state index in [0.29, 0.717) is 32.2 Å². The van der Waals surface area contributed by atoms with E-state index in [2.05, 4.69) is 5.10 Å². The van der Waals surface area contributed by atoms with Crippen molar-refractivity contribution < 1.29 is 14.8 Å². The normalized spacial score (nSPS) is 22.2. The lowest BCUT2D eigenvalue weighted by Gasteiger charge is -2.34. The first kappa shape index (κ1) is 14.3. The zero-order valence-corrected chi connectivity index (χ0v) is 11.6. The first-order valence-corrected chi connectivity index (χ1v) is 6.61. The summed E-state index contributed by atoms with van der Waals surface area (Å²) in [6.07, 6.45) is 3.65. The molecular weight excluding hydrogens is 264 g/mol. The molecule has 1 aromatic rings. The van der Waals surface area contributed by atoms with Crippen LogP contribution in [0.5, 0.6) is 0 Å². The lowest BCUT2D eigenvalue weighted by molar-refractivity contribution is -0.384. The van der Waals surface area contributed by atoms with Gasteiger partial charge in [0.05, 0.1) is 4.92 Å². The van der Waals surface area contributed by atoms with Crippen LogP contribution >= 0.6 is 0 Å². The number of aliphatic carboxylic acids is 1. The van der Waals surface area contributed by atoms with E-state index in [9.17, 15) is 20.0 Å². The second-order valence-corrected chi connectivity index (χ2v) is 5.11. The summed E-state index contributed by atoms with van der Waals surface area (Å²) >= 11 is 0. The molecule has 8 nitrogen and oxygen atoms in total. The van der Waals surface area contributed by atoms with Crippen LogP contribution in [-0.2, 0) is 11.8 Å². The maximum atomic E-state index is 11.7. The second-order valence-electron chi connectivity index (χ2n) is 5.11. The van der Waals surface area contributed by atoms with Crippen molar-refractivity contribution >= 4 is 17.5 Å². The Morgan fingerprint density at radius 2 is 2.35 bits per heavy atom. The Labute approximate surface area is 116 Å². The highest BCUT2D eigenvalue weighted by molar-refractivity contribution is 5.85. The monoisotopic (exact) mass is 282 g/mol. The molecule has 0 aromatic carbocycles. The number of rotatable bonds is 5. The number of nitro groups is 1. The zero-order valence-electron chi connectivity index (χ0n) is 11.6. The average Bonchev–Trinajstić information content (AvgIpc) is 2.93. The lowest BCUT2D eigenvalue weighted by Crippen LogP contribution is -2.51. The van der Waals surface area contributed by atoms with Crippen molar-refractivity contribution in [2.24, 2.45) is 7.05 Å². The summed E-state index contributed by atoms with van der Waals surface area (Å²) in [6.45, 7) is 2.39. The van der Waals surface area contributed by atoms with E-state index in [1.54, 1.807) is 11.9 Å². The number of hydrogen-bond acceptors (Lipinski definition) is 5. The molecule has 1 aromatic heterocycles. The van der Waals surface area contributed by atoms with E-state index in [0.717, 1.165) is 0 Å². The highest BCUT2D eigenvalue weighted by atomic mass is 16.6. The van der Waals surface area contributed by atoms with Gasteiger partial charge in [-0.05, 0) is 19.3 Å². The minimum atomic E-state index is -1.08. The molecule has 0 saturated carbocycles. The van der Waals surface area contributed by atoms with Crippen LogP contribution in [0.1, 0.15) is 32.6 Å². The summed E-state index contributed by atoms with van der Waals surface area (Å²) in [5, 5.41) is 24.8. The van der Waals surface area contributed by atoms with Crippen LogP contribution in [-0.4, -0.2) is 37.9 Å². The molecule has 1 unspecified atom stereocenters. The van der Waals surface area contributed by atoms with Gasteiger partial charge < -0.3 is 10.0 Å². The minimum Gasteiger partial charge on any atom is -0.479 e. The van der Waals surface area contributed by atoms with Crippen LogP contribution in [0, 0.1) is 10.1 Å². The number of nitrogens with zero attached hydrogens (tertiary/aromatic N) is 4. The topological polar surface area (TPSA) is 102 Å². The van der Waals surface area contributed by atoms with E-state index in [4.69, 9.17) is 0 Å². The third-order valence-corrected chi connectivity index (χ3v) is 3.79. The van der Waals surface area contributed by atoms with Crippen LogP contribution < -0.4 is 4.90 Å². The molecular formula is C12H18N4O4. The Kier molecular flexibility index (Phi) is 3.65. The molecule has 0 aliphatic carbocycles. The maximum absolute atomic E-state index is 11.7. The Bertz CT molecular complexity index is 542. The predicted molar refractivity (Wildman–Crippen MR) is 71.7 cm³/mol. The average molecular weight is 282 g/mol. The number of anilines is 1. The van der Waals surface area contributed by atoms with Crippen molar-refractivity contribution in [1.29, 1.82) is 0 Å². The number of carboxylic acid groups (broad SMARTS) is 1. The summed E-state index contributed by atoms with van der Waals surface area (Å²) in [7, 11) is 1.59. The van der Waals surface area contributed by atoms with E-state index in [1.165, 1.54) is 10.9 Å². The molecule has 110 valence electrons. The van der Waals surface area contributed by atoms with Gasteiger partial charge in [-0.1, -0.05) is 13.3 Å². The third kappa shape index (κ3) is 2.10. The fraction of sp³-hybridized carbons (Fsp3) is 0.667. The molecule has 1 atom stereocenters. The molecule has 0 bridgehead atoms. The van der Waals surface area contributed by atoms with Crippen LogP contribution in [0.4, 0.5) is 11.5 Å². The number of carbonyl (C=O) groups is 1. The molecule has 1 aliphatic heterocycles. The largest absolute Gasteiger partial charge is 0.479 e. The van der Waals surface area contributed by atoms with Crippen molar-refractivity contribution in [3.8, 4) is 0 Å². The summed E-state index contributed by atoms with van der Waals surface area (Å²) < 4.78 is 1.35. The van der Waals surface area contributed by atoms with Gasteiger partial charge in [0.1, 0.15) is 11.7 Å². The standard InChI is InChI=1S/C12H18N4O4/c1-3-5-12(11(17)18)6-4-7-15(12)10-9(16(19)20)8-14(2)13-10/h8H,3-7H2,1-2H3,(H,17,18). The summed E-state index contributed by atoms with van der Waals surface area (Å²) in [4.78, 5) is 23.9. The van der Waals surface area contributed by atoms with Gasteiger partial charge in [0.25, 0.3) is 0 Å². The summed E-state index contributed by atoms with van der Waals surface area (Å²) in [5.74, 6) is -0.775. The van der Waals surface area contributed by atoms with Gasteiger partial charge in [-0.15, -0.1) is 5.10 Å². The Balaban J connectivity index is 2.50. The first-order valence-electron chi connectivity index (χ1n) is 6.61. The van der Waals surface area contributed by atoms with Gasteiger partial charge in [-0.2, -0.15) is 0 Å². The number of aromatic nitrogens is 2. The van der Waals surface area contributed by atoms with Crippen molar-refractivity contribution in [3.63, 3.8) is 0 Å². The van der Waals surface area contributed by atoms with Crippen molar-refractivity contribution in [1.82, 2.24) is 9.78 Å². The van der Waals surface area contributed by atoms with Crippen LogP contribution in [0.3, 0.4) is 0 Å². The number of aryl methyl sites for hydroxylation is 1. The fourth-order valence-electron chi connectivity index (χ4n) is 2.98. The van der Waals surface area contributed by atoms with Crippen LogP contribution in [0.15, 0.2) is 6.20 Å². The molecule has 0 radical (unpaired) electrons. The SMILES string of the molecule is CCCC1(C(=O)O)CCCN1c1nn(C)cc1[N+](=O)[O-]. The van der Waals surface area contributed by atoms with Gasteiger partial charge in [-0.3, -0.25) is 14.8 Å². The molecule has 8 heteroatoms. The molecule has 20 heavy (non-hydrogen) atoms. The Morgan fingerprint density at radius 3 is 2.90 bits per heavy atom. The van der Waals surface area contributed by atoms with E-state index < -0.39 is 16.4 Å². The van der Waals surface area contributed by atoms with Gasteiger partial charge in [0.15, 0.2) is 0 Å². The highest BCUT2D eigenvalue weighted by Gasteiger charge is 2.49. The van der Waals surface area contributed by atoms with Crippen LogP contribution in [0.2, 0.25) is 0 Å². The first-order chi connectivity index (χ1) is 9.42. The smallest absolute Gasteiger partial charge is 0.330 e. The molecule has 1 aliphatic rings. The minimum absolute atomic E-state index is 0.142. The number of carboxylic acids is 1. The predicted octanol–water partition coefficient (Wildman–Crippen LogP) is 1.55. The molecule has 1 N–H and O–H groups in total. The maximum Gasteiger partial charge on any atom is 0.330 e. The van der Waals surface area contributed by atoms with E-state index in [-0.39, 0.29) is 11.5 Å². The van der Waals surface area contributed by atoms with Crippen molar-refractivity contribution in [2.75, 3.05) is 11.4 Å². The zero-order chi connectivity index (χ0) is 14.9. The van der Waals surface area contributed by atoms with Gasteiger partial charge in [0.2, 0.25) is 5.82 Å². The highest BCUT2D eigenvalue weighted by Crippen LogP contribution is 2.40. The third-order valence-electron chi connectivity index (χ3n) is 3.79. The quantitative estimate of drug-likeness (QED) is 0.649. The van der Waals surface area contributed by atoms with Gasteiger partial charge in [0, 0.05) is 13.6 Å². The summed E-state index contributed by atoms with van der Waals surface area (Å²) in [5.41, 5.74) is -1.22. The Hall–Kier alpha value is -2.12. The molecule has 1 fully saturated rings. The van der Waals surface area contributed by atoms with Gasteiger partial charge >= 0.3 is 11.7 Å². The second kappa shape index (κ2) is 5.10. The van der Waals surface area contributed by atoms with Gasteiger partial charge in [-0.25, -0.2) is 4.79 Å². The van der Waals surface area contributed by atoms with E-state index >= 15 is 0 Å². The molecule has 0 spiro atoms. The van der Waals surface area contributed by atoms with Crippen molar-refractivity contribution in [3.05, 3.63) is 16.3 Å². The molecule has 2 rings (SSSR count). The van der Waals surface area contributed by atoms with E-state index in [1.807, 2.05) is 6.92 Å². The lowest BCUT2D eigenvalue weighted by atomic mass is 9.90. The van der Waals surface area contributed by atoms with Crippen LogP contribution in [0.25, 0.3) is 0 Å². The Morgan fingerprint density at radius 1 is 1.65 bits per heavy atom. The molecule has 1 saturated heterocycles. The molecule has 2 heterocycles. The summed E-state index contributed by atoms with van der Waals surface area (Å²) in [6, 6.07) is 0.